The van der Waals surface area contributed by atoms with Crippen LogP contribution in [0.25, 0.3) is 0 Å². The summed E-state index contributed by atoms with van der Waals surface area (Å²) < 4.78 is 29.4. The van der Waals surface area contributed by atoms with E-state index in [2.05, 4.69) is 5.32 Å². The summed E-state index contributed by atoms with van der Waals surface area (Å²) in [6, 6.07) is 3.14. The molecule has 0 heterocycles. The molecule has 0 aliphatic carbocycles. The summed E-state index contributed by atoms with van der Waals surface area (Å²) in [7, 11) is 0. The molecule has 0 radical (unpaired) electrons. The molecule has 102 valence electrons. The van der Waals surface area contributed by atoms with Gasteiger partial charge in [-0.2, -0.15) is 0 Å². The van der Waals surface area contributed by atoms with Crippen molar-refractivity contribution in [2.24, 2.45) is 0 Å². The average molecular weight is 298 g/mol. The average Bonchev–Trinajstić information content (AvgIpc) is 2.27. The lowest BCUT2D eigenvalue weighted by atomic mass is 10.2. The van der Waals surface area contributed by atoms with E-state index >= 15 is 0 Å². The maximum atomic E-state index is 12.2. The Morgan fingerprint density at radius 3 is 2.67 bits per heavy atom. The monoisotopic (exact) mass is 297 g/mol. The number of hydrogen-bond donors (Lipinski definition) is 1. The molecule has 1 aromatic rings. The fourth-order valence-corrected chi connectivity index (χ4v) is 2.04. The van der Waals surface area contributed by atoms with E-state index in [1.54, 1.807) is 6.07 Å². The third-order valence-corrected chi connectivity index (χ3v) is 2.68. The van der Waals surface area contributed by atoms with Gasteiger partial charge in [0.05, 0.1) is 5.02 Å². The highest BCUT2D eigenvalue weighted by Crippen LogP contribution is 2.32. The molecule has 0 spiro atoms. The summed E-state index contributed by atoms with van der Waals surface area (Å²) in [6.45, 7) is 2.65. The second-order valence-corrected chi connectivity index (χ2v) is 4.60. The lowest BCUT2D eigenvalue weighted by Gasteiger charge is -2.14. The standard InChI is InChI=1S/C12H15Cl2F2NO/c1-2-3-17-6-8-4-9(13)5-10(14)12(8)18-7-11(15)16/h4-5,11,17H,2-3,6-7H2,1H3. The summed E-state index contributed by atoms with van der Waals surface area (Å²) in [5, 5.41) is 3.85. The van der Waals surface area contributed by atoms with Gasteiger partial charge in [0.25, 0.3) is 6.43 Å². The predicted octanol–water partition coefficient (Wildman–Crippen LogP) is 4.14. The molecule has 0 amide bonds. The Labute approximate surface area is 115 Å². The maximum Gasteiger partial charge on any atom is 0.272 e. The van der Waals surface area contributed by atoms with Crippen LogP contribution in [0.4, 0.5) is 8.78 Å². The lowest BCUT2D eigenvalue weighted by Crippen LogP contribution is -2.16. The zero-order chi connectivity index (χ0) is 13.5. The summed E-state index contributed by atoms with van der Waals surface area (Å²) in [4.78, 5) is 0. The van der Waals surface area contributed by atoms with Crippen molar-refractivity contribution in [1.29, 1.82) is 0 Å². The van der Waals surface area contributed by atoms with Crippen molar-refractivity contribution in [3.63, 3.8) is 0 Å². The van der Waals surface area contributed by atoms with Crippen LogP contribution in [0.2, 0.25) is 10.0 Å². The van der Waals surface area contributed by atoms with Crippen molar-refractivity contribution < 1.29 is 13.5 Å². The molecule has 2 nitrogen and oxygen atoms in total. The highest BCUT2D eigenvalue weighted by molar-refractivity contribution is 6.35. The van der Waals surface area contributed by atoms with Crippen LogP contribution in [0.15, 0.2) is 12.1 Å². The zero-order valence-electron chi connectivity index (χ0n) is 9.98. The molecule has 1 aromatic carbocycles. The van der Waals surface area contributed by atoms with Gasteiger partial charge in [0.15, 0.2) is 0 Å². The molecule has 1 rings (SSSR count). The number of rotatable bonds is 7. The van der Waals surface area contributed by atoms with Gasteiger partial charge >= 0.3 is 0 Å². The number of ether oxygens (including phenoxy) is 1. The predicted molar refractivity (Wildman–Crippen MR) is 70.0 cm³/mol. The first-order valence-corrected chi connectivity index (χ1v) is 6.39. The van der Waals surface area contributed by atoms with Crippen molar-refractivity contribution in [1.82, 2.24) is 5.32 Å². The quantitative estimate of drug-likeness (QED) is 0.764. The fourth-order valence-electron chi connectivity index (χ4n) is 1.45. The summed E-state index contributed by atoms with van der Waals surface area (Å²) in [5.74, 6) is 0.268. The molecule has 0 saturated carbocycles. The Hall–Kier alpha value is -0.580. The van der Waals surface area contributed by atoms with E-state index in [4.69, 9.17) is 27.9 Å². The van der Waals surface area contributed by atoms with E-state index in [-0.39, 0.29) is 10.8 Å². The third-order valence-electron chi connectivity index (χ3n) is 2.18. The lowest BCUT2D eigenvalue weighted by molar-refractivity contribution is 0.0814. The maximum absolute atomic E-state index is 12.2. The molecule has 6 heteroatoms. The minimum atomic E-state index is -2.53. The van der Waals surface area contributed by atoms with Crippen LogP contribution in [-0.4, -0.2) is 19.6 Å². The Morgan fingerprint density at radius 2 is 2.06 bits per heavy atom. The summed E-state index contributed by atoms with van der Waals surface area (Å²) in [6.07, 6.45) is -1.56. The molecule has 0 fully saturated rings. The van der Waals surface area contributed by atoms with E-state index in [0.717, 1.165) is 13.0 Å². The molecule has 0 aliphatic heterocycles. The van der Waals surface area contributed by atoms with Crippen molar-refractivity contribution in [2.75, 3.05) is 13.2 Å². The number of hydrogen-bond acceptors (Lipinski definition) is 2. The normalized spacial score (nSPS) is 11.0. The van der Waals surface area contributed by atoms with Gasteiger partial charge in [-0.1, -0.05) is 30.1 Å². The molecule has 0 aromatic heterocycles. The van der Waals surface area contributed by atoms with Gasteiger partial charge in [0.2, 0.25) is 0 Å². The van der Waals surface area contributed by atoms with Gasteiger partial charge in [-0.25, -0.2) is 8.78 Å². The largest absolute Gasteiger partial charge is 0.486 e. The van der Waals surface area contributed by atoms with Crippen LogP contribution in [-0.2, 0) is 6.54 Å². The van der Waals surface area contributed by atoms with Crippen molar-refractivity contribution in [3.8, 4) is 5.75 Å². The number of nitrogens with one attached hydrogen (secondary N) is 1. The van der Waals surface area contributed by atoms with E-state index in [9.17, 15) is 8.78 Å². The van der Waals surface area contributed by atoms with Crippen LogP contribution in [0.5, 0.6) is 5.75 Å². The van der Waals surface area contributed by atoms with Gasteiger partial charge in [0.1, 0.15) is 12.4 Å². The van der Waals surface area contributed by atoms with Gasteiger partial charge in [-0.05, 0) is 25.1 Å². The summed E-state index contributed by atoms with van der Waals surface area (Å²) >= 11 is 11.8. The molecule has 0 atom stereocenters. The van der Waals surface area contributed by atoms with E-state index in [1.165, 1.54) is 6.07 Å². The van der Waals surface area contributed by atoms with Crippen LogP contribution < -0.4 is 10.1 Å². The Bertz CT molecular complexity index is 389. The van der Waals surface area contributed by atoms with Crippen LogP contribution in [0.1, 0.15) is 18.9 Å². The molecule has 18 heavy (non-hydrogen) atoms. The Morgan fingerprint density at radius 1 is 1.33 bits per heavy atom. The van der Waals surface area contributed by atoms with Crippen LogP contribution >= 0.6 is 23.2 Å². The van der Waals surface area contributed by atoms with Crippen LogP contribution in [0, 0.1) is 0 Å². The van der Waals surface area contributed by atoms with Gasteiger partial charge < -0.3 is 10.1 Å². The molecule has 0 aliphatic rings. The van der Waals surface area contributed by atoms with E-state index in [1.807, 2.05) is 6.92 Å². The smallest absolute Gasteiger partial charge is 0.272 e. The minimum absolute atomic E-state index is 0.247. The van der Waals surface area contributed by atoms with Crippen LogP contribution in [0.3, 0.4) is 0 Å². The highest BCUT2D eigenvalue weighted by Gasteiger charge is 2.13. The Balaban J connectivity index is 2.83. The SMILES string of the molecule is CCCNCc1cc(Cl)cc(Cl)c1OCC(F)F. The minimum Gasteiger partial charge on any atom is -0.486 e. The molecule has 0 saturated heterocycles. The van der Waals surface area contributed by atoms with E-state index in [0.29, 0.717) is 17.1 Å². The Kier molecular flexibility index (Phi) is 6.68. The fraction of sp³-hybridized carbons (Fsp3) is 0.500. The van der Waals surface area contributed by atoms with Gasteiger partial charge in [-0.15, -0.1) is 0 Å². The zero-order valence-corrected chi connectivity index (χ0v) is 11.5. The molecular weight excluding hydrogens is 283 g/mol. The van der Waals surface area contributed by atoms with Gasteiger partial charge in [-0.3, -0.25) is 0 Å². The molecule has 1 N–H and O–H groups in total. The van der Waals surface area contributed by atoms with Gasteiger partial charge in [0, 0.05) is 17.1 Å². The topological polar surface area (TPSA) is 21.3 Å². The number of benzene rings is 1. The van der Waals surface area contributed by atoms with Crippen molar-refractivity contribution in [3.05, 3.63) is 27.7 Å². The second-order valence-electron chi connectivity index (χ2n) is 3.75. The van der Waals surface area contributed by atoms with Crippen molar-refractivity contribution >= 4 is 23.2 Å². The number of halogens is 4. The first-order valence-electron chi connectivity index (χ1n) is 5.64. The van der Waals surface area contributed by atoms with Crippen molar-refractivity contribution in [2.45, 2.75) is 26.3 Å². The number of alkyl halides is 2. The first kappa shape index (κ1) is 15.5. The molecular formula is C12H15Cl2F2NO. The third kappa shape index (κ3) is 4.96. The molecule has 0 bridgehead atoms. The second kappa shape index (κ2) is 7.77. The van der Waals surface area contributed by atoms with E-state index < -0.39 is 13.0 Å². The summed E-state index contributed by atoms with van der Waals surface area (Å²) in [5.41, 5.74) is 0.682. The molecule has 0 unspecified atom stereocenters. The first-order chi connectivity index (χ1) is 8.54. The highest BCUT2D eigenvalue weighted by atomic mass is 35.5.